The average Bonchev–Trinajstić information content (AvgIpc) is 2.48. The minimum Gasteiger partial charge on any atom is -0.481 e. The monoisotopic (exact) mass is 375 g/mol. The Morgan fingerprint density at radius 1 is 1.38 bits per heavy atom. The van der Waals surface area contributed by atoms with Crippen LogP contribution in [0.4, 0.5) is 0 Å². The van der Waals surface area contributed by atoms with Gasteiger partial charge in [-0.1, -0.05) is 27.5 Å². The number of carboxylic acids is 1. The summed E-state index contributed by atoms with van der Waals surface area (Å²) < 4.78 is 5.93. The van der Waals surface area contributed by atoms with Gasteiger partial charge >= 0.3 is 5.97 Å². The number of rotatable bonds is 4. The third-order valence-corrected chi connectivity index (χ3v) is 4.49. The second kappa shape index (κ2) is 6.77. The van der Waals surface area contributed by atoms with Crippen LogP contribution in [-0.4, -0.2) is 36.7 Å². The van der Waals surface area contributed by atoms with E-state index in [1.165, 1.54) is 0 Å². The van der Waals surface area contributed by atoms with Gasteiger partial charge < -0.3 is 15.2 Å². The smallest absolute Gasteiger partial charge is 0.311 e. The van der Waals surface area contributed by atoms with Crippen LogP contribution in [0.3, 0.4) is 0 Å². The van der Waals surface area contributed by atoms with Crippen LogP contribution in [-0.2, 0) is 9.53 Å². The van der Waals surface area contributed by atoms with Crippen LogP contribution in [0.15, 0.2) is 22.7 Å². The molecule has 0 unspecified atom stereocenters. The quantitative estimate of drug-likeness (QED) is 0.847. The highest BCUT2D eigenvalue weighted by Crippen LogP contribution is 2.30. The first-order chi connectivity index (χ1) is 9.94. The van der Waals surface area contributed by atoms with Gasteiger partial charge in [0.25, 0.3) is 5.91 Å². The van der Waals surface area contributed by atoms with Crippen LogP contribution in [0.2, 0.25) is 5.02 Å². The van der Waals surface area contributed by atoms with Gasteiger partial charge in [-0.25, -0.2) is 0 Å². The largest absolute Gasteiger partial charge is 0.481 e. The molecule has 2 N–H and O–H groups in total. The Kier molecular flexibility index (Phi) is 5.24. The van der Waals surface area contributed by atoms with Gasteiger partial charge in [-0.2, -0.15) is 0 Å². The van der Waals surface area contributed by atoms with Crippen molar-refractivity contribution in [2.24, 2.45) is 5.41 Å². The highest BCUT2D eigenvalue weighted by molar-refractivity contribution is 9.10. The minimum atomic E-state index is -0.966. The summed E-state index contributed by atoms with van der Waals surface area (Å²) in [5.74, 6) is -1.29. The van der Waals surface area contributed by atoms with Crippen LogP contribution >= 0.6 is 27.5 Å². The van der Waals surface area contributed by atoms with Crippen molar-refractivity contribution < 1.29 is 19.4 Å². The Morgan fingerprint density at radius 2 is 2.05 bits per heavy atom. The molecule has 114 valence electrons. The summed E-state index contributed by atoms with van der Waals surface area (Å²) in [5.41, 5.74) is -0.648. The van der Waals surface area contributed by atoms with E-state index >= 15 is 0 Å². The van der Waals surface area contributed by atoms with Crippen LogP contribution < -0.4 is 5.32 Å². The lowest BCUT2D eigenvalue weighted by Crippen LogP contribution is -2.46. The van der Waals surface area contributed by atoms with E-state index in [0.29, 0.717) is 36.6 Å². The molecule has 1 aliphatic heterocycles. The fourth-order valence-electron chi connectivity index (χ4n) is 2.24. The molecule has 5 nitrogen and oxygen atoms in total. The molecular formula is C14H15BrClNO4. The number of ether oxygens (including phenoxy) is 1. The highest BCUT2D eigenvalue weighted by atomic mass is 79.9. The van der Waals surface area contributed by atoms with Crippen molar-refractivity contribution in [1.29, 1.82) is 0 Å². The Morgan fingerprint density at radius 3 is 2.67 bits per heavy atom. The van der Waals surface area contributed by atoms with Crippen LogP contribution in [0.5, 0.6) is 0 Å². The molecule has 1 heterocycles. The van der Waals surface area contributed by atoms with Gasteiger partial charge in [-0.3, -0.25) is 9.59 Å². The maximum absolute atomic E-state index is 12.2. The molecule has 0 aliphatic carbocycles. The van der Waals surface area contributed by atoms with Crippen molar-refractivity contribution in [2.75, 3.05) is 19.8 Å². The molecule has 1 aromatic rings. The third-order valence-electron chi connectivity index (χ3n) is 3.66. The lowest BCUT2D eigenvalue weighted by molar-refractivity contribution is -0.154. The van der Waals surface area contributed by atoms with E-state index < -0.39 is 11.4 Å². The van der Waals surface area contributed by atoms with Gasteiger partial charge in [0.2, 0.25) is 0 Å². The molecule has 1 aliphatic rings. The predicted octanol–water partition coefficient (Wildman–Crippen LogP) is 2.71. The Hall–Kier alpha value is -1.11. The molecular weight excluding hydrogens is 362 g/mol. The molecule has 0 spiro atoms. The lowest BCUT2D eigenvalue weighted by Gasteiger charge is -2.33. The first-order valence-corrected chi connectivity index (χ1v) is 7.66. The number of hydrogen-bond acceptors (Lipinski definition) is 3. The Bertz CT molecular complexity index is 558. The predicted molar refractivity (Wildman–Crippen MR) is 81.6 cm³/mol. The van der Waals surface area contributed by atoms with Crippen molar-refractivity contribution in [2.45, 2.75) is 12.8 Å². The summed E-state index contributed by atoms with van der Waals surface area (Å²) in [4.78, 5) is 23.7. The fourth-order valence-corrected chi connectivity index (χ4v) is 2.81. The van der Waals surface area contributed by atoms with Gasteiger partial charge in [0.05, 0.1) is 16.0 Å². The summed E-state index contributed by atoms with van der Waals surface area (Å²) in [6.45, 7) is 0.840. The molecule has 1 amide bonds. The number of benzene rings is 1. The van der Waals surface area contributed by atoms with E-state index in [9.17, 15) is 14.7 Å². The summed E-state index contributed by atoms with van der Waals surface area (Å²) in [5, 5.41) is 12.4. The zero-order valence-corrected chi connectivity index (χ0v) is 13.5. The summed E-state index contributed by atoms with van der Waals surface area (Å²) in [6.07, 6.45) is 0.768. The standard InChI is InChI=1S/C14H15BrClNO4/c15-9-1-2-11(16)10(7-9)12(18)17-8-14(13(19)20)3-5-21-6-4-14/h1-2,7H,3-6,8H2,(H,17,18)(H,19,20). The molecule has 0 aromatic heterocycles. The third kappa shape index (κ3) is 3.75. The van der Waals surface area contributed by atoms with Crippen molar-refractivity contribution in [1.82, 2.24) is 5.32 Å². The Labute approximate surface area is 135 Å². The second-order valence-corrected chi connectivity index (χ2v) is 6.33. The van der Waals surface area contributed by atoms with Gasteiger partial charge in [-0.15, -0.1) is 0 Å². The minimum absolute atomic E-state index is 0.0629. The number of halogens is 2. The average molecular weight is 377 g/mol. The maximum Gasteiger partial charge on any atom is 0.311 e. The van der Waals surface area contributed by atoms with Gasteiger partial charge in [-0.05, 0) is 31.0 Å². The van der Waals surface area contributed by atoms with E-state index in [1.807, 2.05) is 0 Å². The van der Waals surface area contributed by atoms with Gasteiger partial charge in [0.15, 0.2) is 0 Å². The van der Waals surface area contributed by atoms with Crippen LogP contribution in [0, 0.1) is 5.41 Å². The zero-order valence-electron chi connectivity index (χ0n) is 11.2. The molecule has 0 radical (unpaired) electrons. The molecule has 0 atom stereocenters. The molecule has 1 aromatic carbocycles. The number of carbonyl (C=O) groups excluding carboxylic acids is 1. The van der Waals surface area contributed by atoms with Crippen LogP contribution in [0.25, 0.3) is 0 Å². The number of aliphatic carboxylic acids is 1. The van der Waals surface area contributed by atoms with E-state index in [4.69, 9.17) is 16.3 Å². The summed E-state index contributed by atoms with van der Waals surface area (Å²) in [6, 6.07) is 4.95. The number of amides is 1. The molecule has 0 saturated carbocycles. The number of carboxylic acid groups (broad SMARTS) is 1. The fraction of sp³-hybridized carbons (Fsp3) is 0.429. The molecule has 7 heteroatoms. The van der Waals surface area contributed by atoms with Gasteiger partial charge in [0, 0.05) is 24.2 Å². The second-order valence-electron chi connectivity index (χ2n) is 5.00. The molecule has 1 fully saturated rings. The molecule has 21 heavy (non-hydrogen) atoms. The van der Waals surface area contributed by atoms with E-state index in [0.717, 1.165) is 4.47 Å². The summed E-state index contributed by atoms with van der Waals surface area (Å²) >= 11 is 9.27. The highest BCUT2D eigenvalue weighted by Gasteiger charge is 2.40. The van der Waals surface area contributed by atoms with Gasteiger partial charge in [0.1, 0.15) is 0 Å². The SMILES string of the molecule is O=C(NCC1(C(=O)O)CCOCC1)c1cc(Br)ccc1Cl. The van der Waals surface area contributed by atoms with E-state index in [1.54, 1.807) is 18.2 Å². The first kappa shape index (κ1) is 16.3. The molecule has 0 bridgehead atoms. The van der Waals surface area contributed by atoms with E-state index in [-0.39, 0.29) is 12.5 Å². The van der Waals surface area contributed by atoms with Crippen molar-refractivity contribution in [3.63, 3.8) is 0 Å². The van der Waals surface area contributed by atoms with Crippen molar-refractivity contribution in [3.8, 4) is 0 Å². The topological polar surface area (TPSA) is 75.6 Å². The summed E-state index contributed by atoms with van der Waals surface area (Å²) in [7, 11) is 0. The zero-order chi connectivity index (χ0) is 15.5. The Balaban J connectivity index is 2.08. The molecule has 2 rings (SSSR count). The van der Waals surface area contributed by atoms with Crippen molar-refractivity contribution >= 4 is 39.4 Å². The normalized spacial score (nSPS) is 17.2. The lowest BCUT2D eigenvalue weighted by atomic mass is 9.80. The van der Waals surface area contributed by atoms with E-state index in [2.05, 4.69) is 21.2 Å². The van der Waals surface area contributed by atoms with Crippen LogP contribution in [0.1, 0.15) is 23.2 Å². The first-order valence-electron chi connectivity index (χ1n) is 6.49. The number of hydrogen-bond donors (Lipinski definition) is 2. The molecule has 1 saturated heterocycles. The number of carbonyl (C=O) groups is 2. The number of nitrogens with one attached hydrogen (secondary N) is 1. The van der Waals surface area contributed by atoms with Crippen molar-refractivity contribution in [3.05, 3.63) is 33.3 Å². The maximum atomic E-state index is 12.2.